The lowest BCUT2D eigenvalue weighted by Crippen LogP contribution is -1.93. The molecule has 4 nitrogen and oxygen atoms in total. The van der Waals surface area contributed by atoms with Crippen LogP contribution in [0.2, 0.25) is 5.15 Å². The summed E-state index contributed by atoms with van der Waals surface area (Å²) >= 11 is 5.67. The van der Waals surface area contributed by atoms with E-state index in [1.54, 1.807) is 30.0 Å². The van der Waals surface area contributed by atoms with Crippen LogP contribution in [-0.4, -0.2) is 21.7 Å². The van der Waals surface area contributed by atoms with E-state index in [4.69, 9.17) is 16.3 Å². The largest absolute Gasteiger partial charge is 0.480 e. The van der Waals surface area contributed by atoms with Crippen molar-refractivity contribution in [2.24, 2.45) is 0 Å². The molecule has 2 rings (SSSR count). The van der Waals surface area contributed by atoms with Crippen LogP contribution in [0, 0.1) is 0 Å². The zero-order valence-electron chi connectivity index (χ0n) is 6.36. The fraction of sp³-hybridized carbons (Fsp3) is 0.143. The van der Waals surface area contributed by atoms with Gasteiger partial charge in [0, 0.05) is 6.07 Å². The van der Waals surface area contributed by atoms with Gasteiger partial charge in [-0.15, -0.1) is 5.10 Å². The zero-order chi connectivity index (χ0) is 8.55. The minimum Gasteiger partial charge on any atom is -0.480 e. The third kappa shape index (κ3) is 1.10. The summed E-state index contributed by atoms with van der Waals surface area (Å²) in [6.45, 7) is 0. The predicted octanol–water partition coefficient (Wildman–Crippen LogP) is 1.39. The summed E-state index contributed by atoms with van der Waals surface area (Å²) in [5.41, 5.74) is 0.709. The summed E-state index contributed by atoms with van der Waals surface area (Å²) in [6, 6.07) is 3.52. The molecule has 0 aromatic carbocycles. The Bertz CT molecular complexity index is 412. The minimum absolute atomic E-state index is 0.427. The van der Waals surface area contributed by atoms with Crippen molar-refractivity contribution in [3.05, 3.63) is 23.5 Å². The maximum atomic E-state index is 5.67. The van der Waals surface area contributed by atoms with Gasteiger partial charge >= 0.3 is 0 Å². The average Bonchev–Trinajstić information content (AvgIpc) is 2.43. The van der Waals surface area contributed by atoms with Crippen LogP contribution in [0.1, 0.15) is 0 Å². The van der Waals surface area contributed by atoms with Crippen LogP contribution >= 0.6 is 11.6 Å². The first kappa shape index (κ1) is 7.36. The van der Waals surface area contributed by atoms with Crippen molar-refractivity contribution in [1.82, 2.24) is 14.6 Å². The Labute approximate surface area is 73.7 Å². The van der Waals surface area contributed by atoms with Gasteiger partial charge in [0.2, 0.25) is 5.88 Å². The number of nitrogens with zero attached hydrogens (tertiary/aromatic N) is 3. The molecule has 0 aliphatic heterocycles. The molecule has 0 bridgehead atoms. The van der Waals surface area contributed by atoms with Crippen molar-refractivity contribution in [2.75, 3.05) is 7.11 Å². The smallest absolute Gasteiger partial charge is 0.231 e. The Morgan fingerprint density at radius 1 is 1.50 bits per heavy atom. The highest BCUT2D eigenvalue weighted by Gasteiger charge is 2.00. The van der Waals surface area contributed by atoms with E-state index in [-0.39, 0.29) is 0 Å². The van der Waals surface area contributed by atoms with Crippen LogP contribution in [0.5, 0.6) is 5.88 Å². The van der Waals surface area contributed by atoms with Gasteiger partial charge in [-0.3, -0.25) is 0 Å². The van der Waals surface area contributed by atoms with Crippen molar-refractivity contribution in [3.8, 4) is 5.88 Å². The molecule has 0 amide bonds. The van der Waals surface area contributed by atoms with Crippen LogP contribution in [0.15, 0.2) is 18.3 Å². The normalized spacial score (nSPS) is 10.5. The van der Waals surface area contributed by atoms with Gasteiger partial charge in [0.25, 0.3) is 0 Å². The second-order valence-electron chi connectivity index (χ2n) is 2.24. The summed E-state index contributed by atoms with van der Waals surface area (Å²) in [6.07, 6.45) is 1.62. The number of imidazole rings is 1. The van der Waals surface area contributed by atoms with E-state index >= 15 is 0 Å². The molecule has 2 aromatic rings. The number of rotatable bonds is 1. The van der Waals surface area contributed by atoms with E-state index in [9.17, 15) is 0 Å². The fourth-order valence-corrected chi connectivity index (χ4v) is 1.12. The number of ether oxygens (including phenoxy) is 1. The molecule has 0 aliphatic rings. The maximum absolute atomic E-state index is 5.67. The molecule has 5 heteroatoms. The van der Waals surface area contributed by atoms with Crippen molar-refractivity contribution in [1.29, 1.82) is 0 Å². The highest BCUT2D eigenvalue weighted by Crippen LogP contribution is 2.11. The van der Waals surface area contributed by atoms with Crippen molar-refractivity contribution >= 4 is 17.2 Å². The van der Waals surface area contributed by atoms with Crippen molar-refractivity contribution in [3.63, 3.8) is 0 Å². The van der Waals surface area contributed by atoms with Gasteiger partial charge in [0.05, 0.1) is 13.3 Å². The van der Waals surface area contributed by atoms with E-state index in [0.29, 0.717) is 16.7 Å². The Balaban J connectivity index is 2.66. The Hall–Kier alpha value is -1.29. The number of methoxy groups -OCH3 is 1. The third-order valence-electron chi connectivity index (χ3n) is 1.48. The molecule has 2 aromatic heterocycles. The number of hydrogen-bond donors (Lipinski definition) is 0. The molecule has 0 N–H and O–H groups in total. The van der Waals surface area contributed by atoms with Crippen LogP contribution in [-0.2, 0) is 0 Å². The van der Waals surface area contributed by atoms with Gasteiger partial charge in [-0.25, -0.2) is 9.50 Å². The average molecular weight is 184 g/mol. The van der Waals surface area contributed by atoms with Gasteiger partial charge in [-0.2, -0.15) is 0 Å². The lowest BCUT2D eigenvalue weighted by molar-refractivity contribution is 0.390. The minimum atomic E-state index is 0.427. The first-order valence-electron chi connectivity index (χ1n) is 3.35. The zero-order valence-corrected chi connectivity index (χ0v) is 7.12. The summed E-state index contributed by atoms with van der Waals surface area (Å²) in [7, 11) is 1.56. The second-order valence-corrected chi connectivity index (χ2v) is 2.63. The Morgan fingerprint density at radius 3 is 3.08 bits per heavy atom. The summed E-state index contributed by atoms with van der Waals surface area (Å²) < 4.78 is 6.50. The monoisotopic (exact) mass is 183 g/mol. The molecule has 0 atom stereocenters. The molecular weight excluding hydrogens is 178 g/mol. The lowest BCUT2D eigenvalue weighted by Gasteiger charge is -1.96. The van der Waals surface area contributed by atoms with Gasteiger partial charge in [0.15, 0.2) is 5.65 Å². The van der Waals surface area contributed by atoms with Crippen LogP contribution in [0.25, 0.3) is 5.65 Å². The highest BCUT2D eigenvalue weighted by atomic mass is 35.5. The van der Waals surface area contributed by atoms with Gasteiger partial charge < -0.3 is 4.74 Å². The quantitative estimate of drug-likeness (QED) is 0.671. The first-order valence-corrected chi connectivity index (χ1v) is 3.73. The molecular formula is C7H6ClN3O. The molecule has 12 heavy (non-hydrogen) atoms. The molecule has 0 radical (unpaired) electrons. The number of hydrogen-bond acceptors (Lipinski definition) is 3. The van der Waals surface area contributed by atoms with Crippen LogP contribution in [0.3, 0.4) is 0 Å². The molecule has 0 aliphatic carbocycles. The SMILES string of the molecule is COc1ccc2nc(Cl)cn2n1. The first-order chi connectivity index (χ1) is 5.79. The molecule has 2 heterocycles. The molecule has 0 saturated carbocycles. The fourth-order valence-electron chi connectivity index (χ4n) is 0.945. The number of halogens is 1. The molecule has 0 fully saturated rings. The van der Waals surface area contributed by atoms with E-state index in [1.807, 2.05) is 0 Å². The summed E-state index contributed by atoms with van der Waals surface area (Å²) in [5.74, 6) is 0.538. The third-order valence-corrected chi connectivity index (χ3v) is 1.66. The Morgan fingerprint density at radius 2 is 2.33 bits per heavy atom. The van der Waals surface area contributed by atoms with Gasteiger partial charge in [0.1, 0.15) is 5.15 Å². The molecule has 62 valence electrons. The number of aromatic nitrogens is 3. The Kier molecular flexibility index (Phi) is 1.62. The molecule has 0 spiro atoms. The standard InChI is InChI=1S/C7H6ClN3O/c1-12-7-3-2-6-9-5(8)4-11(6)10-7/h2-4H,1H3. The van der Waals surface area contributed by atoms with Crippen molar-refractivity contribution < 1.29 is 4.74 Å². The highest BCUT2D eigenvalue weighted by molar-refractivity contribution is 6.29. The van der Waals surface area contributed by atoms with Gasteiger partial charge in [-0.05, 0) is 6.07 Å². The summed E-state index contributed by atoms with van der Waals surface area (Å²) in [5, 5.41) is 4.49. The lowest BCUT2D eigenvalue weighted by atomic mass is 10.5. The van der Waals surface area contributed by atoms with E-state index in [1.165, 1.54) is 0 Å². The van der Waals surface area contributed by atoms with E-state index < -0.39 is 0 Å². The van der Waals surface area contributed by atoms with Crippen molar-refractivity contribution in [2.45, 2.75) is 0 Å². The molecule has 0 saturated heterocycles. The van der Waals surface area contributed by atoms with Gasteiger partial charge in [-0.1, -0.05) is 11.6 Å². The van der Waals surface area contributed by atoms with Crippen LogP contribution < -0.4 is 4.74 Å². The molecule has 0 unspecified atom stereocenters. The second kappa shape index (κ2) is 2.64. The maximum Gasteiger partial charge on any atom is 0.231 e. The topological polar surface area (TPSA) is 39.4 Å². The van der Waals surface area contributed by atoms with E-state index in [2.05, 4.69) is 10.1 Å². The predicted molar refractivity (Wildman–Crippen MR) is 44.5 cm³/mol. The summed E-state index contributed by atoms with van der Waals surface area (Å²) in [4.78, 5) is 4.00. The number of fused-ring (bicyclic) bond motifs is 1. The van der Waals surface area contributed by atoms with E-state index in [0.717, 1.165) is 0 Å². The van der Waals surface area contributed by atoms with Crippen LogP contribution in [0.4, 0.5) is 0 Å².